The molecule has 1 spiro atoms. The number of hydrogen-bond acceptors (Lipinski definition) is 4. The number of piperidine rings is 1. The van der Waals surface area contributed by atoms with Crippen LogP contribution in [-0.2, 0) is 24.5 Å². The molecule has 1 saturated heterocycles. The number of hydrogen-bond donors (Lipinski definition) is 0. The third-order valence-corrected chi connectivity index (χ3v) is 7.07. The number of aromatic nitrogens is 3. The summed E-state index contributed by atoms with van der Waals surface area (Å²) in [6.07, 6.45) is 4.84. The van der Waals surface area contributed by atoms with E-state index in [9.17, 15) is 9.59 Å². The second-order valence-electron chi connectivity index (χ2n) is 8.92. The van der Waals surface area contributed by atoms with Crippen molar-refractivity contribution in [2.45, 2.75) is 18.4 Å². The minimum atomic E-state index is -0.544. The molecule has 0 unspecified atom stereocenters. The number of carbonyl (C=O) groups excluding carboxylic acids is 2. The lowest BCUT2D eigenvalue weighted by Crippen LogP contribution is -2.50. The Labute approximate surface area is 191 Å². The number of fused-ring (bicyclic) bond motifs is 5. The third kappa shape index (κ3) is 2.85. The molecule has 1 fully saturated rings. The SMILES string of the molecule is Cn1ncc2c1-c1ccccc1OC21CCN(C(=O)C(=O)c2cn(C)c3ccccc23)CC1. The lowest BCUT2D eigenvalue weighted by molar-refractivity contribution is -0.130. The Bertz CT molecular complexity index is 1420. The van der Waals surface area contributed by atoms with Gasteiger partial charge in [-0.2, -0.15) is 5.10 Å². The zero-order chi connectivity index (χ0) is 22.7. The quantitative estimate of drug-likeness (QED) is 0.352. The summed E-state index contributed by atoms with van der Waals surface area (Å²) in [7, 11) is 3.83. The van der Waals surface area contributed by atoms with Crippen LogP contribution in [0.5, 0.6) is 5.75 Å². The van der Waals surface area contributed by atoms with Gasteiger partial charge in [0.1, 0.15) is 11.4 Å². The van der Waals surface area contributed by atoms with E-state index in [1.54, 1.807) is 11.1 Å². The summed E-state index contributed by atoms with van der Waals surface area (Å²) in [5, 5.41) is 5.30. The van der Waals surface area contributed by atoms with Crippen molar-refractivity contribution in [2.75, 3.05) is 13.1 Å². The van der Waals surface area contributed by atoms with E-state index >= 15 is 0 Å². The van der Waals surface area contributed by atoms with Crippen molar-refractivity contribution in [3.63, 3.8) is 0 Å². The van der Waals surface area contributed by atoms with Gasteiger partial charge < -0.3 is 14.2 Å². The number of benzene rings is 2. The van der Waals surface area contributed by atoms with Crippen molar-refractivity contribution in [1.82, 2.24) is 19.2 Å². The van der Waals surface area contributed by atoms with Gasteiger partial charge in [0.05, 0.1) is 17.5 Å². The monoisotopic (exact) mass is 440 g/mol. The number of ketones is 1. The van der Waals surface area contributed by atoms with Gasteiger partial charge in [0.15, 0.2) is 0 Å². The molecule has 2 aromatic heterocycles. The highest BCUT2D eigenvalue weighted by Crippen LogP contribution is 2.49. The summed E-state index contributed by atoms with van der Waals surface area (Å²) in [6.45, 7) is 0.900. The summed E-state index contributed by atoms with van der Waals surface area (Å²) >= 11 is 0. The van der Waals surface area contributed by atoms with Gasteiger partial charge in [0.25, 0.3) is 11.7 Å². The topological polar surface area (TPSA) is 69.4 Å². The van der Waals surface area contributed by atoms with Crippen LogP contribution >= 0.6 is 0 Å². The lowest BCUT2D eigenvalue weighted by atomic mass is 9.81. The van der Waals surface area contributed by atoms with Crippen molar-refractivity contribution in [3.8, 4) is 17.0 Å². The number of amides is 1. The molecule has 0 aliphatic carbocycles. The van der Waals surface area contributed by atoms with Crippen LogP contribution < -0.4 is 4.74 Å². The first-order valence-corrected chi connectivity index (χ1v) is 11.2. The second-order valence-corrected chi connectivity index (χ2v) is 8.92. The Morgan fingerprint density at radius 2 is 1.73 bits per heavy atom. The van der Waals surface area contributed by atoms with Gasteiger partial charge in [-0.25, -0.2) is 0 Å². The lowest BCUT2D eigenvalue weighted by Gasteiger charge is -2.44. The Balaban J connectivity index is 1.27. The Hall–Kier alpha value is -3.87. The number of carbonyl (C=O) groups is 2. The third-order valence-electron chi connectivity index (χ3n) is 7.07. The molecular formula is C26H24N4O3. The van der Waals surface area contributed by atoms with E-state index < -0.39 is 17.3 Å². The van der Waals surface area contributed by atoms with Crippen LogP contribution in [0.3, 0.4) is 0 Å². The number of para-hydroxylation sites is 2. The molecule has 0 radical (unpaired) electrons. The molecule has 4 heterocycles. The summed E-state index contributed by atoms with van der Waals surface area (Å²) < 4.78 is 10.3. The maximum atomic E-state index is 13.2. The maximum Gasteiger partial charge on any atom is 0.295 e. The van der Waals surface area contributed by atoms with E-state index in [4.69, 9.17) is 4.74 Å². The van der Waals surface area contributed by atoms with Crippen molar-refractivity contribution in [1.29, 1.82) is 0 Å². The van der Waals surface area contributed by atoms with Gasteiger partial charge in [0.2, 0.25) is 0 Å². The number of aryl methyl sites for hydroxylation is 2. The Morgan fingerprint density at radius 3 is 2.55 bits per heavy atom. The van der Waals surface area contributed by atoms with Crippen molar-refractivity contribution >= 4 is 22.6 Å². The van der Waals surface area contributed by atoms with Gasteiger partial charge in [-0.15, -0.1) is 0 Å². The van der Waals surface area contributed by atoms with E-state index in [2.05, 4.69) is 5.10 Å². The molecule has 7 nitrogen and oxygen atoms in total. The minimum absolute atomic E-state index is 0.450. The molecule has 6 rings (SSSR count). The molecule has 33 heavy (non-hydrogen) atoms. The molecule has 0 N–H and O–H groups in total. The van der Waals surface area contributed by atoms with Gasteiger partial charge in [0, 0.05) is 68.3 Å². The molecule has 2 aromatic carbocycles. The normalized spacial score (nSPS) is 16.4. The first-order chi connectivity index (χ1) is 16.0. The van der Waals surface area contributed by atoms with Crippen LogP contribution in [0.2, 0.25) is 0 Å². The molecular weight excluding hydrogens is 416 g/mol. The summed E-state index contributed by atoms with van der Waals surface area (Å²) in [4.78, 5) is 28.0. The van der Waals surface area contributed by atoms with Crippen LogP contribution in [0.15, 0.2) is 60.9 Å². The predicted molar refractivity (Wildman–Crippen MR) is 124 cm³/mol. The van der Waals surface area contributed by atoms with Crippen LogP contribution in [0, 0.1) is 0 Å². The molecule has 0 atom stereocenters. The highest BCUT2D eigenvalue weighted by Gasteiger charge is 2.46. The van der Waals surface area contributed by atoms with Crippen molar-refractivity contribution in [2.24, 2.45) is 14.1 Å². The number of likely N-dealkylation sites (tertiary alicyclic amines) is 1. The molecule has 2 aliphatic rings. The number of ether oxygens (including phenoxy) is 1. The number of nitrogens with zero attached hydrogens (tertiary/aromatic N) is 4. The maximum absolute atomic E-state index is 13.2. The average molecular weight is 441 g/mol. The van der Waals surface area contributed by atoms with Gasteiger partial charge in [-0.1, -0.05) is 30.3 Å². The molecule has 0 saturated carbocycles. The summed E-state index contributed by atoms with van der Waals surface area (Å²) in [5.41, 5.74) is 3.99. The highest BCUT2D eigenvalue weighted by atomic mass is 16.5. The Morgan fingerprint density at radius 1 is 1.00 bits per heavy atom. The summed E-state index contributed by atoms with van der Waals surface area (Å²) in [5.74, 6) is -0.0799. The Kier molecular flexibility index (Phi) is 4.24. The van der Waals surface area contributed by atoms with Gasteiger partial charge in [-0.3, -0.25) is 14.3 Å². The van der Waals surface area contributed by atoms with Crippen molar-refractivity contribution in [3.05, 3.63) is 72.1 Å². The first kappa shape index (κ1) is 19.8. The zero-order valence-corrected chi connectivity index (χ0v) is 18.6. The second kappa shape index (κ2) is 7.07. The van der Waals surface area contributed by atoms with E-state index in [0.29, 0.717) is 31.5 Å². The zero-order valence-electron chi connectivity index (χ0n) is 18.6. The fourth-order valence-corrected chi connectivity index (χ4v) is 5.33. The van der Waals surface area contributed by atoms with Crippen LogP contribution in [0.1, 0.15) is 28.8 Å². The molecule has 166 valence electrons. The fraction of sp³-hybridized carbons (Fsp3) is 0.269. The van der Waals surface area contributed by atoms with E-state index in [-0.39, 0.29) is 0 Å². The molecule has 7 heteroatoms. The van der Waals surface area contributed by atoms with Crippen LogP contribution in [-0.4, -0.2) is 44.0 Å². The number of rotatable bonds is 2. The fourth-order valence-electron chi connectivity index (χ4n) is 5.33. The van der Waals surface area contributed by atoms with Crippen LogP contribution in [0.4, 0.5) is 0 Å². The van der Waals surface area contributed by atoms with E-state index in [0.717, 1.165) is 33.5 Å². The van der Waals surface area contributed by atoms with Crippen LogP contribution in [0.25, 0.3) is 22.2 Å². The van der Waals surface area contributed by atoms with E-state index in [1.807, 2.05) is 78.1 Å². The number of Topliss-reactive ketones (excluding diaryl/α,β-unsaturated/α-hetero) is 1. The minimum Gasteiger partial charge on any atom is -0.482 e. The van der Waals surface area contributed by atoms with Gasteiger partial charge in [-0.05, 0) is 18.2 Å². The predicted octanol–water partition coefficient (Wildman–Crippen LogP) is 3.67. The molecule has 2 aliphatic heterocycles. The largest absolute Gasteiger partial charge is 0.482 e. The standard InChI is InChI=1S/C26H24N4O3/c1-28-16-19(17-7-3-5-9-21(17)28)24(31)25(32)30-13-11-26(12-14-30)20-15-27-29(2)23(20)18-8-4-6-10-22(18)33-26/h3-10,15-16H,11-14H2,1-2H3. The highest BCUT2D eigenvalue weighted by molar-refractivity contribution is 6.44. The molecule has 0 bridgehead atoms. The first-order valence-electron chi connectivity index (χ1n) is 11.2. The molecule has 4 aromatic rings. The summed E-state index contributed by atoms with van der Waals surface area (Å²) in [6, 6.07) is 15.6. The van der Waals surface area contributed by atoms with Crippen molar-refractivity contribution < 1.29 is 14.3 Å². The average Bonchev–Trinajstić information content (AvgIpc) is 3.40. The van der Waals surface area contributed by atoms with Gasteiger partial charge >= 0.3 is 0 Å². The van der Waals surface area contributed by atoms with E-state index in [1.165, 1.54) is 0 Å². The smallest absolute Gasteiger partial charge is 0.295 e. The molecule has 1 amide bonds.